The highest BCUT2D eigenvalue weighted by atomic mass is 16.5. The van der Waals surface area contributed by atoms with Gasteiger partial charge in [-0.3, -0.25) is 9.78 Å². The number of hydrogen-bond acceptors (Lipinski definition) is 6. The van der Waals surface area contributed by atoms with Crippen LogP contribution in [-0.4, -0.2) is 37.8 Å². The second-order valence-corrected chi connectivity index (χ2v) is 7.28. The van der Waals surface area contributed by atoms with Crippen molar-refractivity contribution < 1.29 is 9.47 Å². The van der Waals surface area contributed by atoms with Crippen LogP contribution in [0, 0.1) is 6.92 Å². The summed E-state index contributed by atoms with van der Waals surface area (Å²) in [6.07, 6.45) is 0.917. The maximum Gasteiger partial charge on any atom is 0.260 e. The van der Waals surface area contributed by atoms with E-state index in [1.54, 1.807) is 20.3 Å². The van der Waals surface area contributed by atoms with Gasteiger partial charge in [0.2, 0.25) is 5.95 Å². The summed E-state index contributed by atoms with van der Waals surface area (Å²) in [6, 6.07) is 8.18. The van der Waals surface area contributed by atoms with Gasteiger partial charge in [0.1, 0.15) is 0 Å². The summed E-state index contributed by atoms with van der Waals surface area (Å²) in [6.45, 7) is 4.22. The van der Waals surface area contributed by atoms with Crippen LogP contribution in [0.5, 0.6) is 11.5 Å². The van der Waals surface area contributed by atoms with Gasteiger partial charge in [-0.25, -0.2) is 4.98 Å². The number of nitrogens with one attached hydrogen (secondary N) is 2. The first-order chi connectivity index (χ1) is 14.1. The first kappa shape index (κ1) is 19.3. The molecule has 0 unspecified atom stereocenters. The van der Waals surface area contributed by atoms with E-state index in [0.29, 0.717) is 34.9 Å². The molecule has 2 aromatic carbocycles. The smallest absolute Gasteiger partial charge is 0.260 e. The minimum Gasteiger partial charge on any atom is -0.493 e. The lowest BCUT2D eigenvalue weighted by Crippen LogP contribution is -2.34. The number of H-pyrrole nitrogens is 1. The predicted octanol–water partition coefficient (Wildman–Crippen LogP) is 2.53. The zero-order valence-corrected chi connectivity index (χ0v) is 17.3. The zero-order chi connectivity index (χ0) is 20.5. The van der Waals surface area contributed by atoms with Crippen LogP contribution < -0.4 is 25.2 Å². The van der Waals surface area contributed by atoms with Gasteiger partial charge < -0.3 is 19.7 Å². The van der Waals surface area contributed by atoms with E-state index >= 15 is 0 Å². The van der Waals surface area contributed by atoms with Crippen molar-refractivity contribution in [3.8, 4) is 11.5 Å². The third-order valence-corrected chi connectivity index (χ3v) is 5.60. The predicted molar refractivity (Wildman–Crippen MR) is 114 cm³/mol. The molecule has 0 atom stereocenters. The van der Waals surface area contributed by atoms with Gasteiger partial charge in [0.25, 0.3) is 5.56 Å². The van der Waals surface area contributed by atoms with Gasteiger partial charge in [0, 0.05) is 31.3 Å². The van der Waals surface area contributed by atoms with Gasteiger partial charge in [-0.2, -0.15) is 0 Å². The molecule has 1 aliphatic rings. The van der Waals surface area contributed by atoms with E-state index in [9.17, 15) is 4.79 Å². The summed E-state index contributed by atoms with van der Waals surface area (Å²) >= 11 is 0. The van der Waals surface area contributed by atoms with Gasteiger partial charge in [0.15, 0.2) is 11.5 Å². The number of aryl methyl sites for hydroxylation is 1. The van der Waals surface area contributed by atoms with Crippen molar-refractivity contribution in [1.29, 1.82) is 0 Å². The number of aromatic nitrogens is 2. The zero-order valence-electron chi connectivity index (χ0n) is 17.3. The average Bonchev–Trinajstić information content (AvgIpc) is 2.73. The van der Waals surface area contributed by atoms with Crippen LogP contribution in [0.1, 0.15) is 22.3 Å². The van der Waals surface area contributed by atoms with E-state index in [1.165, 1.54) is 16.7 Å². The van der Waals surface area contributed by atoms with E-state index in [2.05, 4.69) is 33.4 Å². The summed E-state index contributed by atoms with van der Waals surface area (Å²) in [4.78, 5) is 22.7. The largest absolute Gasteiger partial charge is 0.493 e. The van der Waals surface area contributed by atoms with Crippen molar-refractivity contribution in [2.75, 3.05) is 32.7 Å². The van der Waals surface area contributed by atoms with Crippen molar-refractivity contribution in [2.24, 2.45) is 0 Å². The first-order valence-electron chi connectivity index (χ1n) is 9.72. The SMILES string of the molecule is CNCc1cccc2c1CCN(c1nc3cc(OC)c(OC)c(C)c3c(=O)[nH]1)C2. The van der Waals surface area contributed by atoms with Gasteiger partial charge in [-0.15, -0.1) is 0 Å². The number of ether oxygens (including phenoxy) is 2. The third kappa shape index (κ3) is 3.31. The van der Waals surface area contributed by atoms with Crippen molar-refractivity contribution >= 4 is 16.9 Å². The lowest BCUT2D eigenvalue weighted by atomic mass is 9.94. The summed E-state index contributed by atoms with van der Waals surface area (Å²) in [5, 5.41) is 3.76. The molecule has 0 spiro atoms. The highest BCUT2D eigenvalue weighted by molar-refractivity contribution is 5.86. The van der Waals surface area contributed by atoms with Gasteiger partial charge >= 0.3 is 0 Å². The molecular formula is C22H26N4O3. The molecule has 0 bridgehead atoms. The molecular weight excluding hydrogens is 368 g/mol. The third-order valence-electron chi connectivity index (χ3n) is 5.60. The van der Waals surface area contributed by atoms with E-state index in [1.807, 2.05) is 14.0 Å². The normalized spacial score (nSPS) is 13.4. The van der Waals surface area contributed by atoms with Crippen LogP contribution in [0.15, 0.2) is 29.1 Å². The Morgan fingerprint density at radius 3 is 2.83 bits per heavy atom. The Morgan fingerprint density at radius 1 is 1.28 bits per heavy atom. The molecule has 0 saturated heterocycles. The molecule has 7 heteroatoms. The standard InChI is InChI=1S/C22H26N4O3/c1-13-19-17(10-18(28-3)20(13)29-4)24-22(25-21(19)27)26-9-8-16-14(11-23-2)6-5-7-15(16)12-26/h5-7,10,23H,8-9,11-12H2,1-4H3,(H,24,25,27). The minimum absolute atomic E-state index is 0.168. The van der Waals surface area contributed by atoms with Crippen molar-refractivity contribution in [3.05, 3.63) is 56.9 Å². The molecule has 0 saturated carbocycles. The number of anilines is 1. The van der Waals surface area contributed by atoms with Crippen molar-refractivity contribution in [2.45, 2.75) is 26.4 Å². The van der Waals surface area contributed by atoms with Gasteiger partial charge in [-0.1, -0.05) is 18.2 Å². The van der Waals surface area contributed by atoms with Crippen LogP contribution in [-0.2, 0) is 19.5 Å². The van der Waals surface area contributed by atoms with E-state index in [-0.39, 0.29) is 5.56 Å². The second kappa shape index (κ2) is 7.75. The van der Waals surface area contributed by atoms with Gasteiger partial charge in [0.05, 0.1) is 25.1 Å². The van der Waals surface area contributed by atoms with Crippen molar-refractivity contribution in [3.63, 3.8) is 0 Å². The Hall–Kier alpha value is -3.06. The monoisotopic (exact) mass is 394 g/mol. The Kier molecular flexibility index (Phi) is 5.15. The molecule has 0 aliphatic carbocycles. The van der Waals surface area contributed by atoms with E-state index in [0.717, 1.165) is 25.1 Å². The molecule has 0 fully saturated rings. The van der Waals surface area contributed by atoms with Crippen molar-refractivity contribution in [1.82, 2.24) is 15.3 Å². The summed E-state index contributed by atoms with van der Waals surface area (Å²) in [7, 11) is 5.12. The fourth-order valence-electron chi connectivity index (χ4n) is 4.21. The van der Waals surface area contributed by atoms with Crippen LogP contribution in [0.2, 0.25) is 0 Å². The average molecular weight is 394 g/mol. The molecule has 152 valence electrons. The topological polar surface area (TPSA) is 79.5 Å². The van der Waals surface area contributed by atoms with Crippen LogP contribution in [0.3, 0.4) is 0 Å². The van der Waals surface area contributed by atoms with Gasteiger partial charge in [-0.05, 0) is 37.1 Å². The Morgan fingerprint density at radius 2 is 2.10 bits per heavy atom. The molecule has 1 aliphatic heterocycles. The fraction of sp³-hybridized carbons (Fsp3) is 0.364. The lowest BCUT2D eigenvalue weighted by molar-refractivity contribution is 0.354. The highest BCUT2D eigenvalue weighted by Gasteiger charge is 2.22. The van der Waals surface area contributed by atoms with E-state index < -0.39 is 0 Å². The fourth-order valence-corrected chi connectivity index (χ4v) is 4.21. The number of aromatic amines is 1. The molecule has 1 aromatic heterocycles. The quantitative estimate of drug-likeness (QED) is 0.692. The summed E-state index contributed by atoms with van der Waals surface area (Å²) in [5.74, 6) is 1.71. The highest BCUT2D eigenvalue weighted by Crippen LogP contribution is 2.35. The van der Waals surface area contributed by atoms with Crippen LogP contribution in [0.4, 0.5) is 5.95 Å². The maximum atomic E-state index is 12.9. The number of fused-ring (bicyclic) bond motifs is 2. The Labute approximate surface area is 169 Å². The Bertz CT molecular complexity index is 1120. The molecule has 2 heterocycles. The maximum absolute atomic E-state index is 12.9. The molecule has 3 aromatic rings. The molecule has 4 rings (SSSR count). The Balaban J connectivity index is 1.76. The summed E-state index contributed by atoms with van der Waals surface area (Å²) in [5.41, 5.74) is 5.16. The second-order valence-electron chi connectivity index (χ2n) is 7.28. The number of rotatable bonds is 5. The van der Waals surface area contributed by atoms with Crippen LogP contribution in [0.25, 0.3) is 10.9 Å². The number of methoxy groups -OCH3 is 2. The first-order valence-corrected chi connectivity index (χ1v) is 9.72. The number of benzene rings is 2. The lowest BCUT2D eigenvalue weighted by Gasteiger charge is -2.30. The van der Waals surface area contributed by atoms with Crippen LogP contribution >= 0.6 is 0 Å². The number of nitrogens with zero attached hydrogens (tertiary/aromatic N) is 2. The molecule has 7 nitrogen and oxygen atoms in total. The minimum atomic E-state index is -0.168. The molecule has 2 N–H and O–H groups in total. The number of hydrogen-bond donors (Lipinski definition) is 2. The molecule has 0 amide bonds. The molecule has 0 radical (unpaired) electrons. The van der Waals surface area contributed by atoms with E-state index in [4.69, 9.17) is 14.5 Å². The summed E-state index contributed by atoms with van der Waals surface area (Å²) < 4.78 is 10.9. The molecule has 29 heavy (non-hydrogen) atoms.